The van der Waals surface area contributed by atoms with Crippen molar-refractivity contribution >= 4 is 39.5 Å². The largest absolute Gasteiger partial charge is 0.472 e. The average Bonchev–Trinajstić information content (AvgIpc) is 2.18. The molecular formula is C77H130O17P2. The molecule has 0 bridgehead atoms. The first-order chi connectivity index (χ1) is 46.7. The van der Waals surface area contributed by atoms with Crippen molar-refractivity contribution in [3.63, 3.8) is 0 Å². The van der Waals surface area contributed by atoms with Crippen LogP contribution in [0.3, 0.4) is 0 Å². The summed E-state index contributed by atoms with van der Waals surface area (Å²) in [6, 6.07) is 0. The van der Waals surface area contributed by atoms with E-state index < -0.39 is 97.5 Å². The third-order valence-electron chi connectivity index (χ3n) is 14.9. The molecule has 0 spiro atoms. The van der Waals surface area contributed by atoms with E-state index in [-0.39, 0.29) is 25.7 Å². The fourth-order valence-electron chi connectivity index (χ4n) is 9.36. The van der Waals surface area contributed by atoms with Crippen molar-refractivity contribution in [1.29, 1.82) is 0 Å². The van der Waals surface area contributed by atoms with Crippen LogP contribution in [0.4, 0.5) is 0 Å². The van der Waals surface area contributed by atoms with Crippen LogP contribution in [0.2, 0.25) is 0 Å². The molecule has 5 atom stereocenters. The molecule has 0 aliphatic carbocycles. The first-order valence-corrected chi connectivity index (χ1v) is 39.8. The number of hydrogen-bond donors (Lipinski definition) is 3. The highest BCUT2D eigenvalue weighted by atomic mass is 31.2. The van der Waals surface area contributed by atoms with Gasteiger partial charge >= 0.3 is 39.5 Å². The van der Waals surface area contributed by atoms with Crippen LogP contribution in [0.15, 0.2) is 122 Å². The number of aliphatic hydroxyl groups excluding tert-OH is 1. The summed E-state index contributed by atoms with van der Waals surface area (Å²) in [5, 5.41) is 10.6. The Kier molecular flexibility index (Phi) is 65.7. The molecule has 0 aromatic heterocycles. The van der Waals surface area contributed by atoms with Gasteiger partial charge in [0.25, 0.3) is 0 Å². The second kappa shape index (κ2) is 69.0. The van der Waals surface area contributed by atoms with Gasteiger partial charge in [0.05, 0.1) is 26.4 Å². The van der Waals surface area contributed by atoms with Gasteiger partial charge in [0, 0.05) is 25.7 Å². The second-order valence-corrected chi connectivity index (χ2v) is 27.0. The molecule has 550 valence electrons. The molecule has 96 heavy (non-hydrogen) atoms. The van der Waals surface area contributed by atoms with Crippen LogP contribution in [-0.4, -0.2) is 96.7 Å². The van der Waals surface area contributed by atoms with Crippen LogP contribution in [0.1, 0.15) is 285 Å². The van der Waals surface area contributed by atoms with E-state index in [1.165, 1.54) is 38.5 Å². The van der Waals surface area contributed by atoms with Gasteiger partial charge in [0.15, 0.2) is 12.2 Å². The summed E-state index contributed by atoms with van der Waals surface area (Å²) in [7, 11) is -9.97. The van der Waals surface area contributed by atoms with E-state index in [2.05, 4.69) is 149 Å². The van der Waals surface area contributed by atoms with E-state index >= 15 is 0 Å². The monoisotopic (exact) mass is 1390 g/mol. The number of unbranched alkanes of at least 4 members (excludes halogenated alkanes) is 22. The highest BCUT2D eigenvalue weighted by Crippen LogP contribution is 2.45. The van der Waals surface area contributed by atoms with Crippen LogP contribution < -0.4 is 0 Å². The quantitative estimate of drug-likeness (QED) is 0.0169. The lowest BCUT2D eigenvalue weighted by Crippen LogP contribution is -2.30. The van der Waals surface area contributed by atoms with Crippen LogP contribution in [0.5, 0.6) is 0 Å². The van der Waals surface area contributed by atoms with Crippen molar-refractivity contribution in [3.8, 4) is 0 Å². The first-order valence-electron chi connectivity index (χ1n) is 36.8. The van der Waals surface area contributed by atoms with Gasteiger partial charge in [-0.2, -0.15) is 0 Å². The highest BCUT2D eigenvalue weighted by Gasteiger charge is 2.30. The predicted octanol–water partition coefficient (Wildman–Crippen LogP) is 20.8. The minimum Gasteiger partial charge on any atom is -0.462 e. The maximum absolute atomic E-state index is 13.1. The van der Waals surface area contributed by atoms with Gasteiger partial charge in [-0.25, -0.2) is 9.13 Å². The Balaban J connectivity index is 5.40. The van der Waals surface area contributed by atoms with Gasteiger partial charge in [-0.3, -0.25) is 37.3 Å². The molecule has 0 amide bonds. The summed E-state index contributed by atoms with van der Waals surface area (Å²) in [4.78, 5) is 72.7. The number of rotatable bonds is 68. The van der Waals surface area contributed by atoms with Crippen LogP contribution in [-0.2, 0) is 65.4 Å². The number of allylic oxidation sites excluding steroid dienone is 20. The molecule has 0 aliphatic heterocycles. The fourth-order valence-corrected chi connectivity index (χ4v) is 10.9. The van der Waals surface area contributed by atoms with Crippen molar-refractivity contribution in [2.24, 2.45) is 0 Å². The molecule has 0 saturated heterocycles. The van der Waals surface area contributed by atoms with Gasteiger partial charge < -0.3 is 33.8 Å². The average molecular weight is 1390 g/mol. The van der Waals surface area contributed by atoms with E-state index in [1.54, 1.807) is 0 Å². The standard InChI is InChI=1S/C77H130O17P2/c1-5-9-13-17-21-25-29-32-34-35-37-39-43-46-50-54-58-62-75(80)88-68-73(94-77(82)64-60-56-52-48-44-40-36-33-30-26-22-18-14-10-6-2)70-92-96(85,86)90-66-71(78)65-89-95(83,84)91-69-72(93-76(81)63-59-55-51-47-41-28-24-20-16-12-8-4)67-87-74(79)61-57-53-49-45-42-38-31-27-23-19-15-11-7-3/h9-10,13-15,19,21-22,25-27,31-34,36-37,39,44,48,71-73,78H,5-8,11-12,16-18,20,23-24,28-30,35,38,40-43,45-47,49-70H2,1-4H3,(H,83,84)(H,85,86)/b13-9-,14-10-,19-15-,25-21-,26-22-,31-27-,34-32-,36-33-,39-37-,48-44-. The van der Waals surface area contributed by atoms with Crippen molar-refractivity contribution in [2.75, 3.05) is 39.6 Å². The smallest absolute Gasteiger partial charge is 0.462 e. The molecule has 19 heteroatoms. The summed E-state index contributed by atoms with van der Waals surface area (Å²) in [6.07, 6.45) is 73.5. The summed E-state index contributed by atoms with van der Waals surface area (Å²) in [5.74, 6) is -2.26. The second-order valence-electron chi connectivity index (χ2n) is 24.1. The molecule has 0 heterocycles. The fraction of sp³-hybridized carbons (Fsp3) is 0.688. The lowest BCUT2D eigenvalue weighted by Gasteiger charge is -2.21. The molecule has 0 aromatic carbocycles. The molecule has 5 unspecified atom stereocenters. The summed E-state index contributed by atoms with van der Waals surface area (Å²) in [5.41, 5.74) is 0. The van der Waals surface area contributed by atoms with E-state index in [9.17, 15) is 43.2 Å². The molecule has 0 aliphatic rings. The number of carbonyl (C=O) groups excluding carboxylic acids is 4. The number of carbonyl (C=O) groups is 4. The normalized spacial score (nSPS) is 14.7. The molecule has 3 N–H and O–H groups in total. The van der Waals surface area contributed by atoms with Crippen molar-refractivity contribution < 1.29 is 80.2 Å². The maximum atomic E-state index is 13.1. The number of phosphoric ester groups is 2. The lowest BCUT2D eigenvalue weighted by atomic mass is 10.1. The summed E-state index contributed by atoms with van der Waals surface area (Å²) in [6.45, 7) is 4.47. The topological polar surface area (TPSA) is 237 Å². The highest BCUT2D eigenvalue weighted by molar-refractivity contribution is 7.47. The third-order valence-corrected chi connectivity index (χ3v) is 16.8. The molecule has 17 nitrogen and oxygen atoms in total. The third kappa shape index (κ3) is 68.0. The van der Waals surface area contributed by atoms with Crippen LogP contribution in [0.25, 0.3) is 0 Å². The predicted molar refractivity (Wildman–Crippen MR) is 390 cm³/mol. The summed E-state index contributed by atoms with van der Waals surface area (Å²) >= 11 is 0. The number of esters is 4. The zero-order valence-electron chi connectivity index (χ0n) is 59.8. The lowest BCUT2D eigenvalue weighted by molar-refractivity contribution is -0.161. The van der Waals surface area contributed by atoms with Gasteiger partial charge in [-0.05, 0) is 128 Å². The zero-order valence-corrected chi connectivity index (χ0v) is 61.5. The van der Waals surface area contributed by atoms with Gasteiger partial charge in [0.1, 0.15) is 19.3 Å². The Morgan fingerprint density at radius 3 is 0.896 bits per heavy atom. The minimum atomic E-state index is -4.99. The Morgan fingerprint density at radius 2 is 0.562 bits per heavy atom. The number of aliphatic hydroxyl groups is 1. The van der Waals surface area contributed by atoms with E-state index in [4.69, 9.17) is 37.0 Å². The maximum Gasteiger partial charge on any atom is 0.472 e. The van der Waals surface area contributed by atoms with Crippen molar-refractivity contribution in [2.45, 2.75) is 303 Å². The van der Waals surface area contributed by atoms with Crippen molar-refractivity contribution in [3.05, 3.63) is 122 Å². The van der Waals surface area contributed by atoms with Gasteiger partial charge in [0.2, 0.25) is 0 Å². The summed E-state index contributed by atoms with van der Waals surface area (Å²) < 4.78 is 68.3. The Bertz CT molecular complexity index is 2300. The number of ether oxygens (including phenoxy) is 4. The minimum absolute atomic E-state index is 0.0344. The molecule has 0 rings (SSSR count). The molecule has 0 saturated carbocycles. The van der Waals surface area contributed by atoms with Gasteiger partial charge in [-0.1, -0.05) is 252 Å². The number of phosphoric acid groups is 2. The van der Waals surface area contributed by atoms with Crippen molar-refractivity contribution in [1.82, 2.24) is 0 Å². The molecule has 0 aromatic rings. The van der Waals surface area contributed by atoms with Crippen LogP contribution >= 0.6 is 15.6 Å². The Labute approximate surface area is 581 Å². The SMILES string of the molecule is CC/C=C\C/C=C\C/C=C\C/C=C\CCCCCCC(=O)OCC(COP(=O)(O)OCC(O)COP(=O)(O)OCC(COC(=O)CCCCCCC/C=C\C/C=C\CCC)OC(=O)CCCCCCCCCCCCC)OC(=O)CCCC/C=C\C/C=C\C/C=C\C/C=C\CC. The zero-order chi connectivity index (χ0) is 70.4. The molecule has 0 radical (unpaired) electrons. The van der Waals surface area contributed by atoms with E-state index in [0.29, 0.717) is 32.1 Å². The Hall–Kier alpha value is -4.54. The van der Waals surface area contributed by atoms with Crippen LogP contribution in [0, 0.1) is 0 Å². The number of hydrogen-bond acceptors (Lipinski definition) is 15. The van der Waals surface area contributed by atoms with E-state index in [0.717, 1.165) is 161 Å². The molecular weight excluding hydrogens is 1260 g/mol. The van der Waals surface area contributed by atoms with Gasteiger partial charge in [-0.15, -0.1) is 0 Å². The first kappa shape index (κ1) is 91.5. The Morgan fingerprint density at radius 1 is 0.302 bits per heavy atom. The van der Waals surface area contributed by atoms with E-state index in [1.807, 2.05) is 0 Å². The molecule has 0 fully saturated rings.